The van der Waals surface area contributed by atoms with Crippen molar-refractivity contribution in [1.82, 2.24) is 0 Å². The third-order valence-electron chi connectivity index (χ3n) is 3.65. The third-order valence-corrected chi connectivity index (χ3v) is 3.65. The van der Waals surface area contributed by atoms with Gasteiger partial charge in [-0.3, -0.25) is 4.79 Å². The summed E-state index contributed by atoms with van der Waals surface area (Å²) < 4.78 is 5.09. The minimum atomic E-state index is 0.344. The predicted molar refractivity (Wildman–Crippen MR) is 48.0 cm³/mol. The summed E-state index contributed by atoms with van der Waals surface area (Å²) in [6.07, 6.45) is 6.21. The Kier molecular flexibility index (Phi) is 1.52. The number of ether oxygens (including phenoxy) is 1. The Morgan fingerprint density at radius 2 is 2.08 bits per heavy atom. The summed E-state index contributed by atoms with van der Waals surface area (Å²) in [5.41, 5.74) is 0.936. The van der Waals surface area contributed by atoms with E-state index in [1.54, 1.807) is 6.26 Å². The second-order valence-electron chi connectivity index (χ2n) is 4.55. The number of carbonyl (C=O) groups excluding carboxylic acids is 1. The summed E-state index contributed by atoms with van der Waals surface area (Å²) in [6.45, 7) is 0.709. The van der Waals surface area contributed by atoms with E-state index >= 15 is 0 Å². The summed E-state index contributed by atoms with van der Waals surface area (Å²) in [5, 5.41) is 0. The van der Waals surface area contributed by atoms with Crippen LogP contribution in [0.2, 0.25) is 0 Å². The Bertz CT molecular complexity index is 270. The molecule has 0 aromatic rings. The second-order valence-corrected chi connectivity index (χ2v) is 4.55. The first-order valence-electron chi connectivity index (χ1n) is 5.19. The average Bonchev–Trinajstić information content (AvgIpc) is 2.63. The highest BCUT2D eigenvalue weighted by Gasteiger charge is 2.48. The molecule has 0 aromatic carbocycles. The largest absolute Gasteiger partial charge is 0.500 e. The molecule has 3 rings (SSSR count). The van der Waals surface area contributed by atoms with Crippen LogP contribution in [0.5, 0.6) is 0 Å². The highest BCUT2D eigenvalue weighted by Crippen LogP contribution is 2.55. The zero-order valence-corrected chi connectivity index (χ0v) is 7.66. The molecule has 0 amide bonds. The summed E-state index contributed by atoms with van der Waals surface area (Å²) in [4.78, 5) is 11.9. The standard InChI is InChI=1S/C11H14O2/c12-11(7-1-2-13-6-7)10-4-8-3-9(8)5-10/h6,8-10H,1-5H2. The van der Waals surface area contributed by atoms with Gasteiger partial charge >= 0.3 is 0 Å². The Hall–Kier alpha value is -0.790. The van der Waals surface area contributed by atoms with Gasteiger partial charge < -0.3 is 4.74 Å². The molecule has 2 fully saturated rings. The highest BCUT2D eigenvalue weighted by atomic mass is 16.5. The molecule has 1 heterocycles. The van der Waals surface area contributed by atoms with Crippen molar-refractivity contribution in [3.63, 3.8) is 0 Å². The zero-order valence-electron chi connectivity index (χ0n) is 7.66. The molecule has 2 atom stereocenters. The molecule has 3 aliphatic rings. The van der Waals surface area contributed by atoms with Gasteiger partial charge in [-0.15, -0.1) is 0 Å². The maximum Gasteiger partial charge on any atom is 0.165 e. The van der Waals surface area contributed by atoms with Crippen molar-refractivity contribution < 1.29 is 9.53 Å². The maximum absolute atomic E-state index is 11.9. The second kappa shape index (κ2) is 2.60. The van der Waals surface area contributed by atoms with Gasteiger partial charge in [0.1, 0.15) is 0 Å². The zero-order chi connectivity index (χ0) is 8.84. The lowest BCUT2D eigenvalue weighted by molar-refractivity contribution is -0.119. The van der Waals surface area contributed by atoms with E-state index in [4.69, 9.17) is 4.74 Å². The molecule has 2 heteroatoms. The van der Waals surface area contributed by atoms with Crippen molar-refractivity contribution in [2.24, 2.45) is 17.8 Å². The molecule has 2 aliphatic carbocycles. The van der Waals surface area contributed by atoms with Crippen LogP contribution in [0.4, 0.5) is 0 Å². The molecule has 2 unspecified atom stereocenters. The van der Waals surface area contributed by atoms with E-state index in [9.17, 15) is 4.79 Å². The normalized spacial score (nSPS) is 40.9. The van der Waals surface area contributed by atoms with Gasteiger partial charge in [-0.1, -0.05) is 0 Å². The van der Waals surface area contributed by atoms with Gasteiger partial charge in [-0.25, -0.2) is 0 Å². The fourth-order valence-electron chi connectivity index (χ4n) is 2.76. The van der Waals surface area contributed by atoms with Crippen LogP contribution in [-0.4, -0.2) is 12.4 Å². The van der Waals surface area contributed by atoms with Gasteiger partial charge in [0.15, 0.2) is 5.78 Å². The fraction of sp³-hybridized carbons (Fsp3) is 0.727. The van der Waals surface area contributed by atoms with Gasteiger partial charge in [-0.2, -0.15) is 0 Å². The summed E-state index contributed by atoms with van der Waals surface area (Å²) >= 11 is 0. The van der Waals surface area contributed by atoms with Crippen LogP contribution in [0.25, 0.3) is 0 Å². The summed E-state index contributed by atoms with van der Waals surface area (Å²) in [6, 6.07) is 0. The first kappa shape index (κ1) is 7.60. The molecule has 2 saturated carbocycles. The van der Waals surface area contributed by atoms with E-state index in [-0.39, 0.29) is 0 Å². The maximum atomic E-state index is 11.9. The van der Waals surface area contributed by atoms with Gasteiger partial charge in [0.2, 0.25) is 0 Å². The van der Waals surface area contributed by atoms with Gasteiger partial charge in [0.05, 0.1) is 12.9 Å². The molecule has 2 nitrogen and oxygen atoms in total. The van der Waals surface area contributed by atoms with Crippen LogP contribution in [-0.2, 0) is 9.53 Å². The van der Waals surface area contributed by atoms with Crippen LogP contribution in [0.1, 0.15) is 25.7 Å². The topological polar surface area (TPSA) is 26.3 Å². The number of hydrogen-bond acceptors (Lipinski definition) is 2. The first-order chi connectivity index (χ1) is 6.34. The van der Waals surface area contributed by atoms with Gasteiger partial charge in [0.25, 0.3) is 0 Å². The Morgan fingerprint density at radius 1 is 1.31 bits per heavy atom. The first-order valence-corrected chi connectivity index (χ1v) is 5.19. The number of carbonyl (C=O) groups is 1. The summed E-state index contributed by atoms with van der Waals surface area (Å²) in [7, 11) is 0. The van der Waals surface area contributed by atoms with Crippen LogP contribution in [0.15, 0.2) is 11.8 Å². The molecule has 0 aromatic heterocycles. The van der Waals surface area contributed by atoms with Crippen molar-refractivity contribution >= 4 is 5.78 Å². The van der Waals surface area contributed by atoms with Crippen LogP contribution >= 0.6 is 0 Å². The lowest BCUT2D eigenvalue weighted by Crippen LogP contribution is -2.14. The van der Waals surface area contributed by atoms with Crippen molar-refractivity contribution in [3.05, 3.63) is 11.8 Å². The van der Waals surface area contributed by atoms with E-state index in [0.717, 1.165) is 36.7 Å². The van der Waals surface area contributed by atoms with Crippen LogP contribution in [0, 0.1) is 17.8 Å². The molecule has 0 radical (unpaired) electrons. The van der Waals surface area contributed by atoms with Crippen molar-refractivity contribution in [3.8, 4) is 0 Å². The third kappa shape index (κ3) is 1.19. The van der Waals surface area contributed by atoms with Gasteiger partial charge in [0, 0.05) is 17.9 Å². The molecule has 70 valence electrons. The number of fused-ring (bicyclic) bond motifs is 1. The molecule has 13 heavy (non-hydrogen) atoms. The minimum Gasteiger partial charge on any atom is -0.500 e. The van der Waals surface area contributed by atoms with Crippen molar-refractivity contribution in [2.45, 2.75) is 25.7 Å². The Balaban J connectivity index is 1.68. The van der Waals surface area contributed by atoms with Crippen LogP contribution < -0.4 is 0 Å². The van der Waals surface area contributed by atoms with E-state index < -0.39 is 0 Å². The minimum absolute atomic E-state index is 0.344. The molecule has 0 bridgehead atoms. The quantitative estimate of drug-likeness (QED) is 0.645. The van der Waals surface area contributed by atoms with Crippen LogP contribution in [0.3, 0.4) is 0 Å². The highest BCUT2D eigenvalue weighted by molar-refractivity contribution is 5.97. The van der Waals surface area contributed by atoms with Gasteiger partial charge in [-0.05, 0) is 31.1 Å². The SMILES string of the molecule is O=C(C1=COCC1)C1CC2CC2C1. The van der Waals surface area contributed by atoms with E-state index in [0.29, 0.717) is 18.3 Å². The Morgan fingerprint density at radius 3 is 2.69 bits per heavy atom. The predicted octanol–water partition coefficient (Wildman–Crippen LogP) is 1.91. The van der Waals surface area contributed by atoms with E-state index in [1.807, 2.05) is 0 Å². The molecular weight excluding hydrogens is 164 g/mol. The molecule has 0 saturated heterocycles. The van der Waals surface area contributed by atoms with E-state index in [1.165, 1.54) is 6.42 Å². The number of hydrogen-bond donors (Lipinski definition) is 0. The smallest absolute Gasteiger partial charge is 0.165 e. The lowest BCUT2D eigenvalue weighted by Gasteiger charge is -2.09. The number of rotatable bonds is 2. The van der Waals surface area contributed by atoms with Crippen molar-refractivity contribution in [1.29, 1.82) is 0 Å². The molecular formula is C11H14O2. The molecule has 0 spiro atoms. The fourth-order valence-corrected chi connectivity index (χ4v) is 2.76. The lowest BCUT2D eigenvalue weighted by atomic mass is 9.93. The monoisotopic (exact) mass is 178 g/mol. The molecule has 0 N–H and O–H groups in total. The molecule has 1 aliphatic heterocycles. The van der Waals surface area contributed by atoms with Crippen molar-refractivity contribution in [2.75, 3.05) is 6.61 Å². The number of Topliss-reactive ketones (excluding diaryl/α,β-unsaturated/α-hetero) is 1. The Labute approximate surface area is 78.0 Å². The number of ketones is 1. The summed E-state index contributed by atoms with van der Waals surface area (Å²) in [5.74, 6) is 2.52. The average molecular weight is 178 g/mol. The van der Waals surface area contributed by atoms with E-state index in [2.05, 4.69) is 0 Å².